The Labute approximate surface area is 88.3 Å². The summed E-state index contributed by atoms with van der Waals surface area (Å²) in [6.45, 7) is 5.05. The maximum Gasteiger partial charge on any atom is 0.222 e. The van der Waals surface area contributed by atoms with Gasteiger partial charge in [-0.15, -0.1) is 0 Å². The van der Waals surface area contributed by atoms with Crippen molar-refractivity contribution in [3.63, 3.8) is 0 Å². The fourth-order valence-corrected chi connectivity index (χ4v) is 2.17. The van der Waals surface area contributed by atoms with Crippen molar-refractivity contribution in [3.8, 4) is 0 Å². The van der Waals surface area contributed by atoms with Gasteiger partial charge in [0.2, 0.25) is 5.95 Å². The van der Waals surface area contributed by atoms with Gasteiger partial charge in [-0.05, 0) is 19.3 Å². The Morgan fingerprint density at radius 1 is 1.53 bits per heavy atom. The van der Waals surface area contributed by atoms with E-state index < -0.39 is 5.82 Å². The molecule has 1 saturated heterocycles. The minimum absolute atomic E-state index is 0.123. The second-order valence-corrected chi connectivity index (χ2v) is 4.24. The van der Waals surface area contributed by atoms with Gasteiger partial charge in [-0.25, -0.2) is 9.37 Å². The lowest BCUT2D eigenvalue weighted by molar-refractivity contribution is 0.598. The van der Waals surface area contributed by atoms with Crippen LogP contribution in [0.1, 0.15) is 20.3 Å². The molecule has 2 unspecified atom stereocenters. The second-order valence-electron chi connectivity index (χ2n) is 4.24. The first-order valence-electron chi connectivity index (χ1n) is 5.12. The van der Waals surface area contributed by atoms with Gasteiger partial charge in [-0.3, -0.25) is 0 Å². The molecule has 2 rings (SSSR count). The van der Waals surface area contributed by atoms with Crippen LogP contribution in [-0.4, -0.2) is 22.6 Å². The van der Waals surface area contributed by atoms with Gasteiger partial charge in [-0.1, -0.05) is 6.92 Å². The summed E-state index contributed by atoms with van der Waals surface area (Å²) < 4.78 is 13.5. The fraction of sp³-hybridized carbons (Fsp3) is 0.600. The van der Waals surface area contributed by atoms with Crippen molar-refractivity contribution in [1.29, 1.82) is 0 Å². The van der Waals surface area contributed by atoms with Crippen molar-refractivity contribution < 1.29 is 4.39 Å². The quantitative estimate of drug-likeness (QED) is 0.762. The highest BCUT2D eigenvalue weighted by molar-refractivity contribution is 5.44. The first-order valence-corrected chi connectivity index (χ1v) is 5.12. The number of rotatable bonds is 1. The number of halogens is 1. The van der Waals surface area contributed by atoms with Gasteiger partial charge in [0.25, 0.3) is 0 Å². The molecule has 1 fully saturated rings. The van der Waals surface area contributed by atoms with Crippen LogP contribution in [0.15, 0.2) is 6.20 Å². The van der Waals surface area contributed by atoms with Crippen molar-refractivity contribution in [2.45, 2.75) is 26.3 Å². The largest absolute Gasteiger partial charge is 0.368 e. The number of anilines is 2. The molecule has 0 bridgehead atoms. The Bertz CT molecular complexity index is 368. The molecule has 1 aromatic rings. The number of nitrogens with zero attached hydrogens (tertiary/aromatic N) is 3. The second kappa shape index (κ2) is 3.64. The zero-order valence-electron chi connectivity index (χ0n) is 8.94. The van der Waals surface area contributed by atoms with E-state index >= 15 is 0 Å². The molecule has 1 aliphatic rings. The average molecular weight is 210 g/mol. The molecule has 0 amide bonds. The molecular weight excluding hydrogens is 195 g/mol. The van der Waals surface area contributed by atoms with E-state index in [4.69, 9.17) is 5.73 Å². The van der Waals surface area contributed by atoms with E-state index in [2.05, 4.69) is 23.8 Å². The minimum atomic E-state index is -0.398. The van der Waals surface area contributed by atoms with Crippen molar-refractivity contribution in [2.75, 3.05) is 17.2 Å². The summed E-state index contributed by atoms with van der Waals surface area (Å²) in [4.78, 5) is 9.53. The van der Waals surface area contributed by atoms with Gasteiger partial charge in [0.1, 0.15) is 0 Å². The molecule has 0 radical (unpaired) electrons. The first kappa shape index (κ1) is 10.1. The van der Waals surface area contributed by atoms with Gasteiger partial charge >= 0.3 is 0 Å². The van der Waals surface area contributed by atoms with E-state index in [-0.39, 0.29) is 5.95 Å². The SMILES string of the molecule is CC1CC(C)N(c2nc(N)ncc2F)C1. The highest BCUT2D eigenvalue weighted by Gasteiger charge is 2.29. The lowest BCUT2D eigenvalue weighted by atomic mass is 10.1. The number of hydrogen-bond donors (Lipinski definition) is 1. The van der Waals surface area contributed by atoms with E-state index in [1.54, 1.807) is 0 Å². The van der Waals surface area contributed by atoms with Crippen LogP contribution in [0.3, 0.4) is 0 Å². The zero-order valence-corrected chi connectivity index (χ0v) is 8.94. The molecule has 0 spiro atoms. The Hall–Kier alpha value is -1.39. The van der Waals surface area contributed by atoms with E-state index in [0.717, 1.165) is 19.2 Å². The van der Waals surface area contributed by atoms with Gasteiger partial charge in [0.15, 0.2) is 11.6 Å². The van der Waals surface area contributed by atoms with Crippen molar-refractivity contribution >= 4 is 11.8 Å². The third-order valence-corrected chi connectivity index (χ3v) is 2.80. The Kier molecular flexibility index (Phi) is 2.46. The normalized spacial score (nSPS) is 25.9. The maximum atomic E-state index is 13.5. The predicted molar refractivity (Wildman–Crippen MR) is 57.0 cm³/mol. The van der Waals surface area contributed by atoms with E-state index in [1.165, 1.54) is 0 Å². The lowest BCUT2D eigenvalue weighted by Gasteiger charge is -2.22. The van der Waals surface area contributed by atoms with Crippen LogP contribution in [-0.2, 0) is 0 Å². The average Bonchev–Trinajstić information content (AvgIpc) is 2.50. The molecule has 5 heteroatoms. The number of hydrogen-bond acceptors (Lipinski definition) is 4. The molecule has 0 aromatic carbocycles. The van der Waals surface area contributed by atoms with Crippen molar-refractivity contribution in [1.82, 2.24) is 9.97 Å². The highest BCUT2D eigenvalue weighted by Crippen LogP contribution is 2.28. The van der Waals surface area contributed by atoms with Crippen LogP contribution in [0.5, 0.6) is 0 Å². The number of nitrogens with two attached hydrogens (primary N) is 1. The van der Waals surface area contributed by atoms with Crippen LogP contribution in [0.2, 0.25) is 0 Å². The van der Waals surface area contributed by atoms with Gasteiger partial charge in [0, 0.05) is 12.6 Å². The van der Waals surface area contributed by atoms with Crippen LogP contribution >= 0.6 is 0 Å². The van der Waals surface area contributed by atoms with Crippen LogP contribution in [0, 0.1) is 11.7 Å². The molecule has 82 valence electrons. The summed E-state index contributed by atoms with van der Waals surface area (Å²) >= 11 is 0. The summed E-state index contributed by atoms with van der Waals surface area (Å²) in [6.07, 6.45) is 2.19. The third kappa shape index (κ3) is 1.86. The van der Waals surface area contributed by atoms with E-state index in [0.29, 0.717) is 17.8 Å². The van der Waals surface area contributed by atoms with Gasteiger partial charge < -0.3 is 10.6 Å². The Morgan fingerprint density at radius 3 is 2.87 bits per heavy atom. The molecule has 0 saturated carbocycles. The molecule has 15 heavy (non-hydrogen) atoms. The molecule has 2 N–H and O–H groups in total. The van der Waals surface area contributed by atoms with Gasteiger partial charge in [0.05, 0.1) is 6.20 Å². The standard InChI is InChI=1S/C10H15FN4/c1-6-3-7(2)15(5-6)9-8(11)4-13-10(12)14-9/h4,6-7H,3,5H2,1-2H3,(H2,12,13,14). The summed E-state index contributed by atoms with van der Waals surface area (Å²) in [6, 6.07) is 0.309. The van der Waals surface area contributed by atoms with E-state index in [1.807, 2.05) is 4.90 Å². The minimum Gasteiger partial charge on any atom is -0.368 e. The summed E-state index contributed by atoms with van der Waals surface area (Å²) in [5.41, 5.74) is 5.46. The van der Waals surface area contributed by atoms with Crippen LogP contribution in [0.25, 0.3) is 0 Å². The monoisotopic (exact) mass is 210 g/mol. The molecule has 1 aliphatic heterocycles. The molecule has 2 atom stereocenters. The first-order chi connectivity index (χ1) is 7.08. The van der Waals surface area contributed by atoms with E-state index in [9.17, 15) is 4.39 Å². The Morgan fingerprint density at radius 2 is 2.27 bits per heavy atom. The molecule has 2 heterocycles. The molecular formula is C10H15FN4. The number of aromatic nitrogens is 2. The third-order valence-electron chi connectivity index (χ3n) is 2.80. The topological polar surface area (TPSA) is 55.0 Å². The summed E-state index contributed by atoms with van der Waals surface area (Å²) in [5, 5.41) is 0. The van der Waals surface area contributed by atoms with Crippen LogP contribution in [0.4, 0.5) is 16.2 Å². The zero-order chi connectivity index (χ0) is 11.0. The smallest absolute Gasteiger partial charge is 0.222 e. The number of nitrogen functional groups attached to an aromatic ring is 1. The fourth-order valence-electron chi connectivity index (χ4n) is 2.17. The predicted octanol–water partition coefficient (Wildman–Crippen LogP) is 1.43. The van der Waals surface area contributed by atoms with Gasteiger partial charge in [-0.2, -0.15) is 4.98 Å². The summed E-state index contributed by atoms with van der Waals surface area (Å²) in [5.74, 6) is 0.623. The summed E-state index contributed by atoms with van der Waals surface area (Å²) in [7, 11) is 0. The molecule has 0 aliphatic carbocycles. The Balaban J connectivity index is 2.32. The lowest BCUT2D eigenvalue weighted by Crippen LogP contribution is -2.29. The van der Waals surface area contributed by atoms with Crippen molar-refractivity contribution in [3.05, 3.63) is 12.0 Å². The molecule has 1 aromatic heterocycles. The van der Waals surface area contributed by atoms with Crippen molar-refractivity contribution in [2.24, 2.45) is 5.92 Å². The highest BCUT2D eigenvalue weighted by atomic mass is 19.1. The van der Waals surface area contributed by atoms with Crippen LogP contribution < -0.4 is 10.6 Å². The molecule has 4 nitrogen and oxygen atoms in total. The maximum absolute atomic E-state index is 13.5.